The van der Waals surface area contributed by atoms with Crippen molar-refractivity contribution in [3.63, 3.8) is 0 Å². The third-order valence-corrected chi connectivity index (χ3v) is 14.2. The van der Waals surface area contributed by atoms with Crippen molar-refractivity contribution in [1.29, 1.82) is 0 Å². The SMILES string of the molecule is c1ccc(-c2cc(-c3ccc4ccccc4c3)c(N(c3ccc(-c4ccc5ccccc5c4)cc3)c3ccc(-c4cccc5c4oc4ccccc45)cc3)c3sc4ccccc4c23)cc1. The lowest BCUT2D eigenvalue weighted by Crippen LogP contribution is -2.12. The first-order chi connectivity index (χ1) is 32.2. The Bertz CT molecular complexity index is 3940. The standard InChI is InChI=1S/C62H39NOS/c1-2-15-43(16-3-1)55-39-56(48-28-26-41-14-5-7-18-46(41)38-48)60(62-59(55)54-20-9-11-24-58(54)65-62)63(49-33-29-42(30-34-49)47-27-25-40-13-4-6-17-45(40)37-47)50-35-31-44(32-36-50)51-21-12-22-53-52-19-8-10-23-57(52)64-61(51)53/h1-39H. The maximum absolute atomic E-state index is 6.54. The van der Waals surface area contributed by atoms with Crippen LogP contribution in [0.5, 0.6) is 0 Å². The van der Waals surface area contributed by atoms with Crippen LogP contribution < -0.4 is 4.90 Å². The van der Waals surface area contributed by atoms with Crippen molar-refractivity contribution < 1.29 is 4.42 Å². The summed E-state index contributed by atoms with van der Waals surface area (Å²) in [4.78, 5) is 2.49. The number of thiophene rings is 1. The zero-order chi connectivity index (χ0) is 42.8. The molecule has 0 spiro atoms. The smallest absolute Gasteiger partial charge is 0.143 e. The summed E-state index contributed by atoms with van der Waals surface area (Å²) < 4.78 is 9.04. The minimum absolute atomic E-state index is 0.900. The van der Waals surface area contributed by atoms with Crippen LogP contribution in [0.2, 0.25) is 0 Å². The van der Waals surface area contributed by atoms with Crippen molar-refractivity contribution in [3.8, 4) is 44.5 Å². The fraction of sp³-hybridized carbons (Fsp3) is 0. The molecule has 11 aromatic carbocycles. The van der Waals surface area contributed by atoms with Gasteiger partial charge in [0, 0.05) is 48.7 Å². The second-order valence-corrected chi connectivity index (χ2v) is 17.9. The molecule has 0 radical (unpaired) electrons. The fourth-order valence-electron chi connectivity index (χ4n) is 9.87. The molecule has 0 saturated heterocycles. The maximum atomic E-state index is 6.54. The summed E-state index contributed by atoms with van der Waals surface area (Å²) in [5.74, 6) is 0. The normalized spacial score (nSPS) is 11.7. The molecule has 3 heteroatoms. The molecule has 0 bridgehead atoms. The molecule has 0 atom stereocenters. The molecule has 0 aliphatic carbocycles. The van der Waals surface area contributed by atoms with Gasteiger partial charge in [-0.05, 0) is 110 Å². The first-order valence-electron chi connectivity index (χ1n) is 22.1. The van der Waals surface area contributed by atoms with Crippen molar-refractivity contribution in [3.05, 3.63) is 237 Å². The van der Waals surface area contributed by atoms with Crippen molar-refractivity contribution in [1.82, 2.24) is 0 Å². The minimum Gasteiger partial charge on any atom is -0.455 e. The molecule has 304 valence electrons. The Hall–Kier alpha value is -8.24. The van der Waals surface area contributed by atoms with Crippen molar-refractivity contribution in [2.75, 3.05) is 4.90 Å². The van der Waals surface area contributed by atoms with E-state index >= 15 is 0 Å². The zero-order valence-corrected chi connectivity index (χ0v) is 36.1. The van der Waals surface area contributed by atoms with E-state index in [4.69, 9.17) is 4.42 Å². The van der Waals surface area contributed by atoms with E-state index in [1.807, 2.05) is 17.4 Å². The number of fused-ring (bicyclic) bond motifs is 8. The molecule has 65 heavy (non-hydrogen) atoms. The summed E-state index contributed by atoms with van der Waals surface area (Å²) in [5.41, 5.74) is 14.4. The summed E-state index contributed by atoms with van der Waals surface area (Å²) in [7, 11) is 0. The molecular weight excluding hydrogens is 807 g/mol. The lowest BCUT2D eigenvalue weighted by Gasteiger charge is -2.30. The number of benzene rings is 11. The van der Waals surface area contributed by atoms with Gasteiger partial charge in [0.2, 0.25) is 0 Å². The van der Waals surface area contributed by atoms with Crippen LogP contribution in [0.15, 0.2) is 241 Å². The van der Waals surface area contributed by atoms with Crippen LogP contribution in [0.3, 0.4) is 0 Å². The zero-order valence-electron chi connectivity index (χ0n) is 35.3. The Labute approximate surface area is 380 Å². The molecule has 13 aromatic rings. The third kappa shape index (κ3) is 6.31. The van der Waals surface area contributed by atoms with Gasteiger partial charge in [0.15, 0.2) is 0 Å². The Morgan fingerprint density at radius 1 is 0.338 bits per heavy atom. The van der Waals surface area contributed by atoms with Gasteiger partial charge in [0.1, 0.15) is 11.2 Å². The van der Waals surface area contributed by atoms with Crippen LogP contribution in [0.25, 0.3) is 108 Å². The Morgan fingerprint density at radius 3 is 1.63 bits per heavy atom. The number of hydrogen-bond donors (Lipinski definition) is 0. The van der Waals surface area contributed by atoms with Gasteiger partial charge in [0.05, 0.1) is 10.4 Å². The molecule has 13 rings (SSSR count). The second kappa shape index (κ2) is 15.2. The van der Waals surface area contributed by atoms with Crippen molar-refractivity contribution in [2.45, 2.75) is 0 Å². The van der Waals surface area contributed by atoms with Crippen LogP contribution >= 0.6 is 11.3 Å². The summed E-state index contributed by atoms with van der Waals surface area (Å²) in [5, 5.41) is 9.70. The van der Waals surface area contributed by atoms with E-state index in [9.17, 15) is 0 Å². The van der Waals surface area contributed by atoms with Crippen LogP contribution in [0, 0.1) is 0 Å². The molecule has 0 aliphatic rings. The maximum Gasteiger partial charge on any atom is 0.143 e. The van der Waals surface area contributed by atoms with Gasteiger partial charge in [-0.1, -0.05) is 182 Å². The molecule has 0 unspecified atom stereocenters. The Morgan fingerprint density at radius 2 is 0.892 bits per heavy atom. The number of furan rings is 1. The summed E-state index contributed by atoms with van der Waals surface area (Å²) in [6.07, 6.45) is 0. The first-order valence-corrected chi connectivity index (χ1v) is 23.0. The van der Waals surface area contributed by atoms with E-state index in [-0.39, 0.29) is 0 Å². The molecule has 2 heterocycles. The lowest BCUT2D eigenvalue weighted by molar-refractivity contribution is 0.670. The lowest BCUT2D eigenvalue weighted by atomic mass is 9.91. The molecule has 0 fully saturated rings. The molecule has 0 saturated carbocycles. The van der Waals surface area contributed by atoms with Gasteiger partial charge in [-0.3, -0.25) is 0 Å². The van der Waals surface area contributed by atoms with Gasteiger partial charge in [-0.2, -0.15) is 0 Å². The third-order valence-electron chi connectivity index (χ3n) is 13.0. The van der Waals surface area contributed by atoms with E-state index < -0.39 is 0 Å². The predicted molar refractivity (Wildman–Crippen MR) is 278 cm³/mol. The van der Waals surface area contributed by atoms with E-state index in [2.05, 4.69) is 235 Å². The summed E-state index contributed by atoms with van der Waals surface area (Å²) in [6.45, 7) is 0. The number of anilines is 3. The van der Waals surface area contributed by atoms with Crippen molar-refractivity contribution >= 4 is 92.1 Å². The van der Waals surface area contributed by atoms with Crippen LogP contribution in [-0.4, -0.2) is 0 Å². The highest BCUT2D eigenvalue weighted by atomic mass is 32.1. The predicted octanol–water partition coefficient (Wildman–Crippen LogP) is 18.4. The van der Waals surface area contributed by atoms with Crippen molar-refractivity contribution in [2.24, 2.45) is 0 Å². The molecule has 0 aliphatic heterocycles. The van der Waals surface area contributed by atoms with Gasteiger partial charge in [-0.15, -0.1) is 11.3 Å². The topological polar surface area (TPSA) is 16.4 Å². The van der Waals surface area contributed by atoms with Crippen LogP contribution in [-0.2, 0) is 0 Å². The molecule has 2 aromatic heterocycles. The largest absolute Gasteiger partial charge is 0.455 e. The summed E-state index contributed by atoms with van der Waals surface area (Å²) >= 11 is 1.88. The van der Waals surface area contributed by atoms with E-state index in [0.717, 1.165) is 50.1 Å². The van der Waals surface area contributed by atoms with Gasteiger partial charge in [-0.25, -0.2) is 0 Å². The molecular formula is C62H39NOS. The monoisotopic (exact) mass is 845 g/mol. The van der Waals surface area contributed by atoms with Gasteiger partial charge >= 0.3 is 0 Å². The highest BCUT2D eigenvalue weighted by Crippen LogP contribution is 2.53. The Balaban J connectivity index is 1.07. The fourth-order valence-corrected chi connectivity index (χ4v) is 11.1. The van der Waals surface area contributed by atoms with Crippen LogP contribution in [0.1, 0.15) is 0 Å². The van der Waals surface area contributed by atoms with Gasteiger partial charge in [0.25, 0.3) is 0 Å². The van der Waals surface area contributed by atoms with E-state index in [1.165, 1.54) is 75.1 Å². The summed E-state index contributed by atoms with van der Waals surface area (Å²) in [6, 6.07) is 86.1. The number of rotatable bonds is 7. The molecule has 0 amide bonds. The highest BCUT2D eigenvalue weighted by Gasteiger charge is 2.26. The second-order valence-electron chi connectivity index (χ2n) is 16.8. The molecule has 0 N–H and O–H groups in total. The quantitative estimate of drug-likeness (QED) is 0.159. The van der Waals surface area contributed by atoms with E-state index in [0.29, 0.717) is 0 Å². The van der Waals surface area contributed by atoms with E-state index in [1.54, 1.807) is 0 Å². The number of nitrogens with zero attached hydrogens (tertiary/aromatic N) is 1. The van der Waals surface area contributed by atoms with Crippen LogP contribution in [0.4, 0.5) is 17.1 Å². The molecule has 2 nitrogen and oxygen atoms in total. The number of hydrogen-bond acceptors (Lipinski definition) is 3. The average molecular weight is 846 g/mol. The van der Waals surface area contributed by atoms with Gasteiger partial charge < -0.3 is 9.32 Å². The highest BCUT2D eigenvalue weighted by molar-refractivity contribution is 7.26. The Kier molecular flexibility index (Phi) is 8.75. The number of para-hydroxylation sites is 2. The first kappa shape index (κ1) is 37.3. The minimum atomic E-state index is 0.900. The average Bonchev–Trinajstić information content (AvgIpc) is 3.96.